The van der Waals surface area contributed by atoms with Crippen LogP contribution in [-0.2, 0) is 4.79 Å². The Morgan fingerprint density at radius 2 is 2.06 bits per heavy atom. The van der Waals surface area contributed by atoms with Crippen molar-refractivity contribution in [3.05, 3.63) is 75.3 Å². The minimum Gasteiger partial charge on any atom is -0.481 e. The fraction of sp³-hybridized carbons (Fsp3) is 0.143. The molecule has 0 saturated carbocycles. The van der Waals surface area contributed by atoms with Crippen LogP contribution in [0.4, 0.5) is 10.2 Å². The number of nitrogens with one attached hydrogen (secondary N) is 2. The Bertz CT molecular complexity index is 1300. The van der Waals surface area contributed by atoms with Crippen molar-refractivity contribution in [3.63, 3.8) is 0 Å². The van der Waals surface area contributed by atoms with E-state index in [-0.39, 0.29) is 23.1 Å². The summed E-state index contributed by atoms with van der Waals surface area (Å²) in [5, 5.41) is 9.10. The summed E-state index contributed by atoms with van der Waals surface area (Å²) >= 11 is 1.48. The Hall–Kier alpha value is -3.79. The molecule has 8 nitrogen and oxygen atoms in total. The zero-order valence-corrected chi connectivity index (χ0v) is 17.5. The Kier molecular flexibility index (Phi) is 5.63. The van der Waals surface area contributed by atoms with Gasteiger partial charge in [0.05, 0.1) is 4.88 Å². The lowest BCUT2D eigenvalue weighted by molar-refractivity contribution is -0.118. The number of para-hydroxylation sites is 1. The quantitative estimate of drug-likeness (QED) is 0.479. The Morgan fingerprint density at radius 1 is 1.26 bits per heavy atom. The molecule has 4 rings (SSSR count). The number of thiophene rings is 1. The molecule has 3 heterocycles. The second-order valence-electron chi connectivity index (χ2n) is 6.67. The van der Waals surface area contributed by atoms with Gasteiger partial charge in [0, 0.05) is 17.3 Å². The van der Waals surface area contributed by atoms with Gasteiger partial charge in [0.15, 0.2) is 18.2 Å². The molecule has 0 aliphatic heterocycles. The molecular formula is C21H18FN5O3S. The SMILES string of the molecule is Cc1nc(-n2nc(-c3cccs3)cc2NC(=O)COc2ccccc2F)[nH]c(=O)c1C. The lowest BCUT2D eigenvalue weighted by atomic mass is 10.3. The van der Waals surface area contributed by atoms with Crippen molar-refractivity contribution in [3.8, 4) is 22.3 Å². The van der Waals surface area contributed by atoms with Crippen LogP contribution in [0.3, 0.4) is 0 Å². The first-order valence-corrected chi connectivity index (χ1v) is 10.2. The van der Waals surface area contributed by atoms with Crippen LogP contribution in [0.15, 0.2) is 52.6 Å². The highest BCUT2D eigenvalue weighted by molar-refractivity contribution is 7.13. The molecule has 1 aromatic carbocycles. The molecule has 1 amide bonds. The molecule has 0 fully saturated rings. The molecule has 0 saturated heterocycles. The van der Waals surface area contributed by atoms with Crippen LogP contribution in [0, 0.1) is 19.7 Å². The maximum absolute atomic E-state index is 13.7. The van der Waals surface area contributed by atoms with Crippen LogP contribution in [-0.4, -0.2) is 32.3 Å². The Morgan fingerprint density at radius 3 is 2.77 bits per heavy atom. The van der Waals surface area contributed by atoms with E-state index < -0.39 is 18.3 Å². The molecule has 4 aromatic rings. The number of benzene rings is 1. The second kappa shape index (κ2) is 8.52. The highest BCUT2D eigenvalue weighted by Crippen LogP contribution is 2.27. The number of hydrogen-bond donors (Lipinski definition) is 2. The summed E-state index contributed by atoms with van der Waals surface area (Å²) in [5.41, 5.74) is 1.35. The van der Waals surface area contributed by atoms with Gasteiger partial charge in [0.1, 0.15) is 11.5 Å². The van der Waals surface area contributed by atoms with E-state index in [1.165, 1.54) is 34.2 Å². The molecule has 0 bridgehead atoms. The lowest BCUT2D eigenvalue weighted by Gasteiger charge is -2.10. The smallest absolute Gasteiger partial charge is 0.263 e. The van der Waals surface area contributed by atoms with Crippen molar-refractivity contribution in [2.24, 2.45) is 0 Å². The number of amides is 1. The van der Waals surface area contributed by atoms with E-state index in [9.17, 15) is 14.0 Å². The van der Waals surface area contributed by atoms with Gasteiger partial charge in [-0.05, 0) is 37.4 Å². The van der Waals surface area contributed by atoms with Gasteiger partial charge >= 0.3 is 0 Å². The number of hydrogen-bond acceptors (Lipinski definition) is 6. The lowest BCUT2D eigenvalue weighted by Crippen LogP contribution is -2.24. The number of rotatable bonds is 6. The van der Waals surface area contributed by atoms with Gasteiger partial charge in [0.2, 0.25) is 5.95 Å². The van der Waals surface area contributed by atoms with Gasteiger partial charge in [-0.25, -0.2) is 9.37 Å². The number of anilines is 1. The average molecular weight is 439 g/mol. The number of ether oxygens (including phenoxy) is 1. The molecule has 3 aromatic heterocycles. The van der Waals surface area contributed by atoms with Gasteiger partial charge in [0.25, 0.3) is 11.5 Å². The van der Waals surface area contributed by atoms with E-state index in [4.69, 9.17) is 4.74 Å². The van der Waals surface area contributed by atoms with Gasteiger partial charge < -0.3 is 10.1 Å². The van der Waals surface area contributed by atoms with Gasteiger partial charge in [-0.3, -0.25) is 14.6 Å². The monoisotopic (exact) mass is 439 g/mol. The van der Waals surface area contributed by atoms with E-state index in [0.29, 0.717) is 17.0 Å². The molecule has 0 unspecified atom stereocenters. The Labute approximate surface area is 180 Å². The molecule has 0 atom stereocenters. The molecule has 158 valence electrons. The number of carbonyl (C=O) groups excluding carboxylic acids is 1. The van der Waals surface area contributed by atoms with Crippen LogP contribution in [0.1, 0.15) is 11.3 Å². The van der Waals surface area contributed by atoms with Crippen molar-refractivity contribution in [1.29, 1.82) is 0 Å². The highest BCUT2D eigenvalue weighted by atomic mass is 32.1. The van der Waals surface area contributed by atoms with E-state index >= 15 is 0 Å². The largest absolute Gasteiger partial charge is 0.481 e. The average Bonchev–Trinajstić information content (AvgIpc) is 3.41. The fourth-order valence-corrected chi connectivity index (χ4v) is 3.47. The van der Waals surface area contributed by atoms with Crippen molar-refractivity contribution in [2.45, 2.75) is 13.8 Å². The van der Waals surface area contributed by atoms with Crippen molar-refractivity contribution >= 4 is 23.1 Å². The number of aryl methyl sites for hydroxylation is 1. The number of aromatic amines is 1. The summed E-state index contributed by atoms with van der Waals surface area (Å²) in [7, 11) is 0. The number of nitrogens with zero attached hydrogens (tertiary/aromatic N) is 3. The fourth-order valence-electron chi connectivity index (χ4n) is 2.79. The van der Waals surface area contributed by atoms with E-state index in [1.807, 2.05) is 17.5 Å². The summed E-state index contributed by atoms with van der Waals surface area (Å²) in [6.45, 7) is 2.99. The number of H-pyrrole nitrogens is 1. The minimum atomic E-state index is -0.558. The molecule has 31 heavy (non-hydrogen) atoms. The van der Waals surface area contributed by atoms with Gasteiger partial charge in [-0.2, -0.15) is 9.78 Å². The third kappa shape index (κ3) is 4.38. The molecule has 0 aliphatic rings. The third-order valence-corrected chi connectivity index (χ3v) is 5.42. The maximum Gasteiger partial charge on any atom is 0.263 e. The molecule has 0 aliphatic carbocycles. The summed E-state index contributed by atoms with van der Waals surface area (Å²) < 4.78 is 20.3. The van der Waals surface area contributed by atoms with Gasteiger partial charge in [-0.15, -0.1) is 11.3 Å². The summed E-state index contributed by atoms with van der Waals surface area (Å²) in [4.78, 5) is 32.6. The highest BCUT2D eigenvalue weighted by Gasteiger charge is 2.17. The summed E-state index contributed by atoms with van der Waals surface area (Å²) in [5.74, 6) is -0.644. The van der Waals surface area contributed by atoms with Crippen LogP contribution in [0.25, 0.3) is 16.5 Å². The summed E-state index contributed by atoms with van der Waals surface area (Å²) in [6, 6.07) is 11.3. The zero-order valence-electron chi connectivity index (χ0n) is 16.7. The zero-order chi connectivity index (χ0) is 22.0. The Balaban J connectivity index is 1.64. The number of carbonyl (C=O) groups is 1. The van der Waals surface area contributed by atoms with E-state index in [2.05, 4.69) is 20.4 Å². The van der Waals surface area contributed by atoms with Crippen LogP contribution >= 0.6 is 11.3 Å². The summed E-state index contributed by atoms with van der Waals surface area (Å²) in [6.07, 6.45) is 0. The number of aromatic nitrogens is 4. The molecule has 2 N–H and O–H groups in total. The predicted molar refractivity (Wildman–Crippen MR) is 115 cm³/mol. The first-order chi connectivity index (χ1) is 14.9. The molecule has 0 spiro atoms. The number of halogens is 1. The van der Waals surface area contributed by atoms with Crippen molar-refractivity contribution < 1.29 is 13.9 Å². The minimum absolute atomic E-state index is 0.0226. The molecule has 10 heteroatoms. The first-order valence-electron chi connectivity index (χ1n) is 9.31. The van der Waals surface area contributed by atoms with Crippen LogP contribution < -0.4 is 15.6 Å². The van der Waals surface area contributed by atoms with Crippen molar-refractivity contribution in [2.75, 3.05) is 11.9 Å². The second-order valence-corrected chi connectivity index (χ2v) is 7.62. The maximum atomic E-state index is 13.7. The van der Waals surface area contributed by atoms with Gasteiger partial charge in [-0.1, -0.05) is 18.2 Å². The topological polar surface area (TPSA) is 102 Å². The molecule has 0 radical (unpaired) electrons. The van der Waals surface area contributed by atoms with Crippen molar-refractivity contribution in [1.82, 2.24) is 19.7 Å². The van der Waals surface area contributed by atoms with Crippen LogP contribution in [0.5, 0.6) is 5.75 Å². The van der Waals surface area contributed by atoms with Crippen LogP contribution in [0.2, 0.25) is 0 Å². The van der Waals surface area contributed by atoms with E-state index in [1.54, 1.807) is 26.0 Å². The predicted octanol–water partition coefficient (Wildman–Crippen LogP) is 3.46. The first kappa shape index (κ1) is 20.5. The third-order valence-electron chi connectivity index (χ3n) is 4.53. The standard InChI is InChI=1S/C21H18FN5O3S/c1-12-13(2)23-21(25-20(12)29)27-18(10-15(26-27)17-8-5-9-31-17)24-19(28)11-30-16-7-4-3-6-14(16)22/h3-10H,11H2,1-2H3,(H,24,28)(H,23,25,29). The molecular weight excluding hydrogens is 421 g/mol. The van der Waals surface area contributed by atoms with E-state index in [0.717, 1.165) is 4.88 Å². The normalized spacial score (nSPS) is 10.8.